The number of carbonyl (C=O) groups is 1. The van der Waals surface area contributed by atoms with Crippen LogP contribution in [0.3, 0.4) is 0 Å². The fourth-order valence-corrected chi connectivity index (χ4v) is 2.61. The number of aryl methyl sites for hydroxylation is 1. The van der Waals surface area contributed by atoms with Crippen molar-refractivity contribution in [1.82, 2.24) is 9.88 Å². The summed E-state index contributed by atoms with van der Waals surface area (Å²) in [6.07, 6.45) is 4.29. The molecule has 0 saturated heterocycles. The van der Waals surface area contributed by atoms with Crippen molar-refractivity contribution in [1.29, 1.82) is 0 Å². The molecule has 94 valence electrons. The Morgan fingerprint density at radius 1 is 1.71 bits per heavy atom. The van der Waals surface area contributed by atoms with Crippen molar-refractivity contribution in [3.05, 3.63) is 16.1 Å². The number of hydrogen-bond donors (Lipinski definition) is 1. The molecule has 0 bridgehead atoms. The van der Waals surface area contributed by atoms with Crippen molar-refractivity contribution < 1.29 is 9.90 Å². The van der Waals surface area contributed by atoms with E-state index in [9.17, 15) is 9.90 Å². The van der Waals surface area contributed by atoms with Crippen molar-refractivity contribution in [2.45, 2.75) is 32.3 Å². The Bertz CT molecular complexity index is 401. The minimum Gasteiger partial charge on any atom is -0.391 e. The van der Waals surface area contributed by atoms with Crippen molar-refractivity contribution in [3.63, 3.8) is 0 Å². The number of aromatic nitrogens is 1. The molecule has 1 atom stereocenters. The summed E-state index contributed by atoms with van der Waals surface area (Å²) in [6.45, 7) is 2.44. The Kier molecular flexibility index (Phi) is 3.79. The van der Waals surface area contributed by atoms with E-state index in [-0.39, 0.29) is 12.0 Å². The molecule has 1 saturated carbocycles. The van der Waals surface area contributed by atoms with E-state index < -0.39 is 0 Å². The van der Waals surface area contributed by atoms with Crippen LogP contribution in [0.5, 0.6) is 0 Å². The number of rotatable bonds is 5. The molecule has 0 spiro atoms. The zero-order chi connectivity index (χ0) is 12.4. The SMILES string of the molecule is CCc1ncc(C(=O)N(C)CC(O)C2CC2)s1. The number of aliphatic hydroxyl groups excluding tert-OH is 1. The van der Waals surface area contributed by atoms with Gasteiger partial charge in [0, 0.05) is 13.6 Å². The highest BCUT2D eigenvalue weighted by Crippen LogP contribution is 2.32. The van der Waals surface area contributed by atoms with Crippen molar-refractivity contribution in [2.24, 2.45) is 5.92 Å². The van der Waals surface area contributed by atoms with Crippen molar-refractivity contribution in [2.75, 3.05) is 13.6 Å². The number of carbonyl (C=O) groups excluding carboxylic acids is 1. The van der Waals surface area contributed by atoms with Gasteiger partial charge in [0.1, 0.15) is 4.88 Å². The minimum atomic E-state index is -0.373. The summed E-state index contributed by atoms with van der Waals surface area (Å²) in [5, 5.41) is 10.8. The highest BCUT2D eigenvalue weighted by Gasteiger charge is 2.31. The third kappa shape index (κ3) is 3.04. The fourth-order valence-electron chi connectivity index (χ4n) is 1.75. The predicted molar refractivity (Wildman–Crippen MR) is 67.2 cm³/mol. The van der Waals surface area contributed by atoms with E-state index in [1.165, 1.54) is 11.3 Å². The van der Waals surface area contributed by atoms with Crippen LogP contribution >= 0.6 is 11.3 Å². The number of thiazole rings is 1. The fraction of sp³-hybridized carbons (Fsp3) is 0.667. The largest absolute Gasteiger partial charge is 0.391 e. The Balaban J connectivity index is 1.93. The van der Waals surface area contributed by atoms with Gasteiger partial charge in [0.2, 0.25) is 0 Å². The van der Waals surface area contributed by atoms with Crippen LogP contribution in [0.1, 0.15) is 34.4 Å². The third-order valence-electron chi connectivity index (χ3n) is 3.04. The van der Waals surface area contributed by atoms with Gasteiger partial charge in [-0.05, 0) is 25.2 Å². The van der Waals surface area contributed by atoms with Gasteiger partial charge in [-0.2, -0.15) is 0 Å². The van der Waals surface area contributed by atoms with Crippen LogP contribution in [0.2, 0.25) is 0 Å². The summed E-state index contributed by atoms with van der Waals surface area (Å²) in [5.74, 6) is 0.361. The number of hydrogen-bond acceptors (Lipinski definition) is 4. The number of nitrogens with zero attached hydrogens (tertiary/aromatic N) is 2. The molecule has 2 rings (SSSR count). The molecule has 4 nitrogen and oxygen atoms in total. The summed E-state index contributed by atoms with van der Waals surface area (Å²) < 4.78 is 0. The first kappa shape index (κ1) is 12.5. The summed E-state index contributed by atoms with van der Waals surface area (Å²) in [6, 6.07) is 0. The first-order chi connectivity index (χ1) is 8.11. The van der Waals surface area contributed by atoms with E-state index in [0.29, 0.717) is 17.3 Å². The molecular formula is C12H18N2O2S. The average Bonchev–Trinajstić information content (AvgIpc) is 3.06. The molecule has 0 aromatic carbocycles. The molecule has 1 unspecified atom stereocenters. The first-order valence-corrected chi connectivity index (χ1v) is 6.81. The first-order valence-electron chi connectivity index (χ1n) is 6.00. The Morgan fingerprint density at radius 2 is 2.41 bits per heavy atom. The molecule has 1 aromatic heterocycles. The zero-order valence-electron chi connectivity index (χ0n) is 10.2. The smallest absolute Gasteiger partial charge is 0.265 e. The summed E-state index contributed by atoms with van der Waals surface area (Å²) in [4.78, 5) is 18.5. The topological polar surface area (TPSA) is 53.4 Å². The molecule has 5 heteroatoms. The second-order valence-corrected chi connectivity index (χ2v) is 5.68. The quantitative estimate of drug-likeness (QED) is 0.867. The minimum absolute atomic E-state index is 0.0399. The van der Waals surface area contributed by atoms with Gasteiger partial charge in [-0.25, -0.2) is 4.98 Å². The second-order valence-electron chi connectivity index (χ2n) is 4.56. The van der Waals surface area contributed by atoms with Gasteiger partial charge in [-0.3, -0.25) is 4.79 Å². The van der Waals surface area contributed by atoms with E-state index >= 15 is 0 Å². The van der Waals surface area contributed by atoms with E-state index in [1.807, 2.05) is 6.92 Å². The molecule has 1 aliphatic carbocycles. The maximum atomic E-state index is 12.0. The average molecular weight is 254 g/mol. The molecule has 17 heavy (non-hydrogen) atoms. The number of amides is 1. The molecule has 0 aliphatic heterocycles. The summed E-state index contributed by atoms with van der Waals surface area (Å²) >= 11 is 1.44. The predicted octanol–water partition coefficient (Wildman–Crippen LogP) is 1.55. The van der Waals surface area contributed by atoms with Gasteiger partial charge >= 0.3 is 0 Å². The van der Waals surface area contributed by atoms with E-state index in [2.05, 4.69) is 4.98 Å². The Hall–Kier alpha value is -0.940. The van der Waals surface area contributed by atoms with Crippen LogP contribution in [-0.4, -0.2) is 40.6 Å². The van der Waals surface area contributed by atoms with E-state index in [0.717, 1.165) is 24.3 Å². The van der Waals surface area contributed by atoms with E-state index in [1.54, 1.807) is 18.1 Å². The summed E-state index contributed by atoms with van der Waals surface area (Å²) in [5.41, 5.74) is 0. The Labute approximate surface area is 105 Å². The second kappa shape index (κ2) is 5.14. The highest BCUT2D eigenvalue weighted by molar-refractivity contribution is 7.13. The lowest BCUT2D eigenvalue weighted by molar-refractivity contribution is 0.0649. The zero-order valence-corrected chi connectivity index (χ0v) is 11.0. The maximum absolute atomic E-state index is 12.0. The van der Waals surface area contributed by atoms with Crippen LogP contribution in [0.4, 0.5) is 0 Å². The molecule has 1 aliphatic rings. The lowest BCUT2D eigenvalue weighted by Crippen LogP contribution is -2.34. The highest BCUT2D eigenvalue weighted by atomic mass is 32.1. The number of likely N-dealkylation sites (N-methyl/N-ethyl adjacent to an activating group) is 1. The molecular weight excluding hydrogens is 236 g/mol. The van der Waals surface area contributed by atoms with Gasteiger partial charge in [-0.1, -0.05) is 6.92 Å². The van der Waals surface area contributed by atoms with Crippen molar-refractivity contribution in [3.8, 4) is 0 Å². The van der Waals surface area contributed by atoms with Crippen LogP contribution in [-0.2, 0) is 6.42 Å². The van der Waals surface area contributed by atoms with Crippen LogP contribution in [0, 0.1) is 5.92 Å². The van der Waals surface area contributed by atoms with E-state index in [4.69, 9.17) is 0 Å². The van der Waals surface area contributed by atoms with Crippen molar-refractivity contribution >= 4 is 17.2 Å². The molecule has 1 heterocycles. The normalized spacial score (nSPS) is 16.9. The monoisotopic (exact) mass is 254 g/mol. The van der Waals surface area contributed by atoms with Gasteiger partial charge < -0.3 is 10.0 Å². The van der Waals surface area contributed by atoms with Gasteiger partial charge in [0.05, 0.1) is 17.3 Å². The van der Waals surface area contributed by atoms with Crippen LogP contribution < -0.4 is 0 Å². The van der Waals surface area contributed by atoms with Gasteiger partial charge in [0.25, 0.3) is 5.91 Å². The standard InChI is InChI=1S/C12H18N2O2S/c1-3-11-13-6-10(17-11)12(16)14(2)7-9(15)8-4-5-8/h6,8-9,15H,3-5,7H2,1-2H3. The van der Waals surface area contributed by atoms with Crippen LogP contribution in [0.25, 0.3) is 0 Å². The molecule has 1 fully saturated rings. The van der Waals surface area contributed by atoms with Gasteiger partial charge in [-0.15, -0.1) is 11.3 Å². The molecule has 0 radical (unpaired) electrons. The third-order valence-corrected chi connectivity index (χ3v) is 4.17. The lowest BCUT2D eigenvalue weighted by atomic mass is 10.2. The molecule has 1 aromatic rings. The Morgan fingerprint density at radius 3 is 2.94 bits per heavy atom. The van der Waals surface area contributed by atoms with Crippen LogP contribution in [0.15, 0.2) is 6.20 Å². The number of aliphatic hydroxyl groups is 1. The summed E-state index contributed by atoms with van der Waals surface area (Å²) in [7, 11) is 1.74. The lowest BCUT2D eigenvalue weighted by Gasteiger charge is -2.19. The molecule has 1 amide bonds. The van der Waals surface area contributed by atoms with Gasteiger partial charge in [0.15, 0.2) is 0 Å². The maximum Gasteiger partial charge on any atom is 0.265 e. The molecule has 1 N–H and O–H groups in total.